The van der Waals surface area contributed by atoms with Crippen LogP contribution in [0.2, 0.25) is 0 Å². The number of piperazine rings is 1. The fourth-order valence-electron chi connectivity index (χ4n) is 3.31. The first-order valence-electron chi connectivity index (χ1n) is 8.76. The lowest BCUT2D eigenvalue weighted by molar-refractivity contribution is -0.114. The quantitative estimate of drug-likeness (QED) is 0.716. The summed E-state index contributed by atoms with van der Waals surface area (Å²) in [7, 11) is 1.96. The van der Waals surface area contributed by atoms with Gasteiger partial charge in [-0.15, -0.1) is 0 Å². The predicted octanol–water partition coefficient (Wildman–Crippen LogP) is 3.08. The number of alkyl halides is 3. The number of anilines is 1. The minimum absolute atomic E-state index is 0.133. The van der Waals surface area contributed by atoms with Gasteiger partial charge in [-0.05, 0) is 26.1 Å². The molecule has 1 aromatic heterocycles. The Labute approximate surface area is 163 Å². The van der Waals surface area contributed by atoms with Crippen molar-refractivity contribution in [2.45, 2.75) is 13.1 Å². The molecule has 0 radical (unpaired) electrons. The molecule has 0 aliphatic carbocycles. The van der Waals surface area contributed by atoms with Gasteiger partial charge in [0.15, 0.2) is 5.71 Å². The normalized spacial score (nSPS) is 20.9. The van der Waals surface area contributed by atoms with Gasteiger partial charge in [0.25, 0.3) is 5.91 Å². The summed E-state index contributed by atoms with van der Waals surface area (Å²) in [5.41, 5.74) is -0.630. The van der Waals surface area contributed by atoms with Crippen LogP contribution in [0.1, 0.15) is 6.92 Å². The van der Waals surface area contributed by atoms with E-state index in [1.807, 2.05) is 18.0 Å². The lowest BCUT2D eigenvalue weighted by Gasteiger charge is -2.35. The van der Waals surface area contributed by atoms with Crippen molar-refractivity contribution in [1.29, 1.82) is 0 Å². The van der Waals surface area contributed by atoms with Gasteiger partial charge in [0, 0.05) is 31.9 Å². The molecule has 1 aromatic carbocycles. The molecule has 1 amide bonds. The topological polar surface area (TPSA) is 52.0 Å². The van der Waals surface area contributed by atoms with Crippen molar-refractivity contribution >= 4 is 38.3 Å². The standard InChI is InChI=1S/C18H18F3N5OS/c1-11(25-9-7-24(2)8-10-25)14-15(18(19,20)21)23-26(16(14)27)17-22-12-5-3-4-6-13(12)28-17/h3-6H,7-10H2,1-2H3/b14-11+. The van der Waals surface area contributed by atoms with Crippen LogP contribution < -0.4 is 5.01 Å². The van der Waals surface area contributed by atoms with E-state index in [9.17, 15) is 18.0 Å². The van der Waals surface area contributed by atoms with E-state index in [0.29, 0.717) is 24.3 Å². The highest BCUT2D eigenvalue weighted by Gasteiger charge is 2.49. The molecule has 10 heteroatoms. The van der Waals surface area contributed by atoms with Crippen LogP contribution in [0, 0.1) is 0 Å². The van der Waals surface area contributed by atoms with Gasteiger partial charge < -0.3 is 9.80 Å². The van der Waals surface area contributed by atoms with Crippen molar-refractivity contribution in [2.24, 2.45) is 5.10 Å². The van der Waals surface area contributed by atoms with E-state index in [2.05, 4.69) is 15.0 Å². The minimum atomic E-state index is -4.73. The molecule has 1 fully saturated rings. The maximum atomic E-state index is 13.7. The monoisotopic (exact) mass is 409 g/mol. The first-order valence-corrected chi connectivity index (χ1v) is 9.58. The number of hydrogen-bond acceptors (Lipinski definition) is 6. The molecule has 1 saturated heterocycles. The number of aromatic nitrogens is 1. The zero-order valence-electron chi connectivity index (χ0n) is 15.3. The molecule has 6 nitrogen and oxygen atoms in total. The van der Waals surface area contributed by atoms with Gasteiger partial charge in [-0.25, -0.2) is 4.98 Å². The molecule has 0 bridgehead atoms. The van der Waals surface area contributed by atoms with Gasteiger partial charge in [-0.1, -0.05) is 23.5 Å². The van der Waals surface area contributed by atoms with Crippen molar-refractivity contribution in [3.8, 4) is 0 Å². The third kappa shape index (κ3) is 3.26. The number of rotatable bonds is 2. The molecule has 4 rings (SSSR count). The molecular weight excluding hydrogens is 391 g/mol. The Bertz CT molecular complexity index is 956. The molecule has 2 aromatic rings. The number of nitrogens with zero attached hydrogens (tertiary/aromatic N) is 5. The summed E-state index contributed by atoms with van der Waals surface area (Å²) < 4.78 is 41.8. The molecule has 0 atom stereocenters. The van der Waals surface area contributed by atoms with E-state index in [1.54, 1.807) is 25.1 Å². The largest absolute Gasteiger partial charge is 0.436 e. The molecule has 3 heterocycles. The van der Waals surface area contributed by atoms with Crippen molar-refractivity contribution in [1.82, 2.24) is 14.8 Å². The highest BCUT2D eigenvalue weighted by molar-refractivity contribution is 7.22. The maximum absolute atomic E-state index is 13.7. The van der Waals surface area contributed by atoms with Gasteiger partial charge in [-0.3, -0.25) is 4.79 Å². The molecule has 148 valence electrons. The van der Waals surface area contributed by atoms with E-state index in [1.165, 1.54) is 0 Å². The van der Waals surface area contributed by atoms with Gasteiger partial charge >= 0.3 is 6.18 Å². The number of hydrazone groups is 1. The molecule has 0 saturated carbocycles. The van der Waals surface area contributed by atoms with E-state index < -0.39 is 23.4 Å². The number of amides is 1. The zero-order valence-corrected chi connectivity index (χ0v) is 16.1. The first-order chi connectivity index (χ1) is 13.3. The maximum Gasteiger partial charge on any atom is 0.436 e. The van der Waals surface area contributed by atoms with Gasteiger partial charge in [0.2, 0.25) is 5.13 Å². The minimum Gasteiger partial charge on any atom is -0.372 e. The number of para-hydroxylation sites is 1. The first kappa shape index (κ1) is 18.9. The Morgan fingerprint density at radius 2 is 1.82 bits per heavy atom. The Morgan fingerprint density at radius 1 is 1.14 bits per heavy atom. The van der Waals surface area contributed by atoms with E-state index in [-0.39, 0.29) is 5.13 Å². The number of carbonyl (C=O) groups is 1. The van der Waals surface area contributed by atoms with Gasteiger partial charge in [0.05, 0.1) is 15.8 Å². The Hall–Kier alpha value is -2.46. The van der Waals surface area contributed by atoms with Crippen molar-refractivity contribution in [3.05, 3.63) is 35.5 Å². The number of benzene rings is 1. The fourth-order valence-corrected chi connectivity index (χ4v) is 4.22. The summed E-state index contributed by atoms with van der Waals surface area (Å²) in [4.78, 5) is 21.2. The predicted molar refractivity (Wildman–Crippen MR) is 102 cm³/mol. The summed E-state index contributed by atoms with van der Waals surface area (Å²) in [6.07, 6.45) is -4.73. The molecule has 0 N–H and O–H groups in total. The average molecular weight is 409 g/mol. The second-order valence-electron chi connectivity index (χ2n) is 6.78. The number of thiazole rings is 1. The molecule has 2 aliphatic rings. The lowest BCUT2D eigenvalue weighted by atomic mass is 10.1. The Balaban J connectivity index is 1.76. The SMILES string of the molecule is C/C(=C1\C(=O)N(c2nc3ccccc3s2)N=C1C(F)(F)F)N1CCN(C)CC1. The molecule has 0 spiro atoms. The average Bonchev–Trinajstić information content (AvgIpc) is 3.22. The Kier molecular flexibility index (Phi) is 4.62. The molecular formula is C18H18F3N5OS. The van der Waals surface area contributed by atoms with Gasteiger partial charge in [0.1, 0.15) is 0 Å². The van der Waals surface area contributed by atoms with Crippen LogP contribution in [0.3, 0.4) is 0 Å². The van der Waals surface area contributed by atoms with Crippen molar-refractivity contribution in [2.75, 3.05) is 38.2 Å². The number of likely N-dealkylation sites (N-methyl/N-ethyl adjacent to an activating group) is 1. The number of allylic oxidation sites excluding steroid dienone is 1. The van der Waals surface area contributed by atoms with Crippen LogP contribution in [0.4, 0.5) is 18.3 Å². The van der Waals surface area contributed by atoms with Crippen LogP contribution >= 0.6 is 11.3 Å². The smallest absolute Gasteiger partial charge is 0.372 e. The van der Waals surface area contributed by atoms with Crippen LogP contribution in [0.25, 0.3) is 10.2 Å². The highest BCUT2D eigenvalue weighted by atomic mass is 32.1. The van der Waals surface area contributed by atoms with E-state index in [0.717, 1.165) is 34.1 Å². The number of fused-ring (bicyclic) bond motifs is 1. The summed E-state index contributed by atoms with van der Waals surface area (Å²) in [6.45, 7) is 4.12. The van der Waals surface area contributed by atoms with Crippen LogP contribution in [0.5, 0.6) is 0 Å². The van der Waals surface area contributed by atoms with Crippen molar-refractivity contribution < 1.29 is 18.0 Å². The summed E-state index contributed by atoms with van der Waals surface area (Å²) in [5, 5.41) is 4.56. The zero-order chi connectivity index (χ0) is 20.1. The summed E-state index contributed by atoms with van der Waals surface area (Å²) in [6, 6.07) is 7.14. The summed E-state index contributed by atoms with van der Waals surface area (Å²) in [5.74, 6) is -0.789. The van der Waals surface area contributed by atoms with Crippen LogP contribution in [-0.4, -0.2) is 65.8 Å². The Morgan fingerprint density at radius 3 is 2.46 bits per heavy atom. The molecule has 2 aliphatic heterocycles. The second kappa shape index (κ2) is 6.85. The summed E-state index contributed by atoms with van der Waals surface area (Å²) >= 11 is 1.14. The van der Waals surface area contributed by atoms with Crippen molar-refractivity contribution in [3.63, 3.8) is 0 Å². The third-order valence-corrected chi connectivity index (χ3v) is 5.93. The van der Waals surface area contributed by atoms with E-state index >= 15 is 0 Å². The molecule has 0 unspecified atom stereocenters. The van der Waals surface area contributed by atoms with E-state index in [4.69, 9.17) is 0 Å². The van der Waals surface area contributed by atoms with Gasteiger partial charge in [-0.2, -0.15) is 23.3 Å². The fraction of sp³-hybridized carbons (Fsp3) is 0.389. The van der Waals surface area contributed by atoms with Crippen LogP contribution in [0.15, 0.2) is 40.6 Å². The lowest BCUT2D eigenvalue weighted by Crippen LogP contribution is -2.44. The second-order valence-corrected chi connectivity index (χ2v) is 7.79. The third-order valence-electron chi connectivity index (χ3n) is 4.91. The number of hydrogen-bond donors (Lipinski definition) is 0. The number of carbonyl (C=O) groups excluding carboxylic acids is 1. The van der Waals surface area contributed by atoms with Crippen LogP contribution in [-0.2, 0) is 4.79 Å². The molecule has 28 heavy (non-hydrogen) atoms. The highest BCUT2D eigenvalue weighted by Crippen LogP contribution is 2.36. The number of halogens is 3.